The summed E-state index contributed by atoms with van der Waals surface area (Å²) in [5.41, 5.74) is 0.804. The predicted molar refractivity (Wildman–Crippen MR) is 68.4 cm³/mol. The van der Waals surface area contributed by atoms with Gasteiger partial charge < -0.3 is 5.32 Å². The molecule has 1 N–H and O–H groups in total. The first kappa shape index (κ1) is 11.1. The molecule has 0 aliphatic carbocycles. The highest BCUT2D eigenvalue weighted by Crippen LogP contribution is 2.28. The van der Waals surface area contributed by atoms with Gasteiger partial charge in [-0.25, -0.2) is 0 Å². The molecule has 1 heterocycles. The van der Waals surface area contributed by atoms with Crippen LogP contribution in [0.5, 0.6) is 0 Å². The minimum absolute atomic E-state index is 0.00692. The van der Waals surface area contributed by atoms with E-state index in [4.69, 9.17) is 0 Å². The van der Waals surface area contributed by atoms with E-state index < -0.39 is 0 Å². The molecule has 2 rings (SSSR count). The molecule has 0 saturated carbocycles. The molecule has 3 nitrogen and oxygen atoms in total. The molecular formula is C12H11BrN2O. The number of halogens is 1. The largest absolute Gasteiger partial charge is 0.325 e. The number of aromatic nitrogens is 1. The van der Waals surface area contributed by atoms with Gasteiger partial charge >= 0.3 is 0 Å². The lowest BCUT2D eigenvalue weighted by Crippen LogP contribution is -2.09. The number of carbonyl (C=O) groups excluding carboxylic acids is 1. The number of carbonyl (C=O) groups is 1. The molecule has 1 aromatic heterocycles. The van der Waals surface area contributed by atoms with E-state index in [1.807, 2.05) is 25.1 Å². The summed E-state index contributed by atoms with van der Waals surface area (Å²) in [7, 11) is 0. The Morgan fingerprint density at radius 3 is 2.94 bits per heavy atom. The van der Waals surface area contributed by atoms with Crippen LogP contribution in [0.15, 0.2) is 35.1 Å². The number of nitrogens with zero attached hydrogens (tertiary/aromatic N) is 1. The number of hydrogen-bond acceptors (Lipinski definition) is 2. The maximum absolute atomic E-state index is 11.4. The molecule has 1 amide bonds. The average Bonchev–Trinajstić information content (AvgIpc) is 2.30. The smallest absolute Gasteiger partial charge is 0.224 e. The van der Waals surface area contributed by atoms with Crippen LogP contribution in [0.1, 0.15) is 13.3 Å². The van der Waals surface area contributed by atoms with Crippen molar-refractivity contribution < 1.29 is 4.79 Å². The number of benzene rings is 1. The van der Waals surface area contributed by atoms with Crippen LogP contribution < -0.4 is 5.32 Å². The van der Waals surface area contributed by atoms with Gasteiger partial charge in [0.05, 0.1) is 5.69 Å². The first-order valence-corrected chi connectivity index (χ1v) is 5.83. The summed E-state index contributed by atoms with van der Waals surface area (Å²) < 4.78 is 0.928. The summed E-state index contributed by atoms with van der Waals surface area (Å²) in [6, 6.07) is 5.78. The lowest BCUT2D eigenvalue weighted by atomic mass is 10.1. The van der Waals surface area contributed by atoms with Gasteiger partial charge in [0.1, 0.15) is 0 Å². The van der Waals surface area contributed by atoms with Crippen molar-refractivity contribution in [3.05, 3.63) is 35.1 Å². The fraction of sp³-hybridized carbons (Fsp3) is 0.167. The van der Waals surface area contributed by atoms with Crippen molar-refractivity contribution in [3.63, 3.8) is 0 Å². The molecule has 16 heavy (non-hydrogen) atoms. The molecule has 0 spiro atoms. The molecule has 0 unspecified atom stereocenters. The maximum Gasteiger partial charge on any atom is 0.224 e. The van der Waals surface area contributed by atoms with E-state index in [2.05, 4.69) is 26.2 Å². The summed E-state index contributed by atoms with van der Waals surface area (Å²) in [4.78, 5) is 15.5. The first-order valence-electron chi connectivity index (χ1n) is 5.04. The molecule has 2 aromatic rings. The Balaban J connectivity index is 2.54. The van der Waals surface area contributed by atoms with Gasteiger partial charge in [-0.05, 0) is 22.0 Å². The van der Waals surface area contributed by atoms with Crippen LogP contribution in [0.25, 0.3) is 10.8 Å². The zero-order valence-corrected chi connectivity index (χ0v) is 10.4. The third kappa shape index (κ3) is 2.07. The van der Waals surface area contributed by atoms with Crippen molar-refractivity contribution in [1.29, 1.82) is 0 Å². The van der Waals surface area contributed by atoms with Gasteiger partial charge in [-0.1, -0.05) is 19.1 Å². The average molecular weight is 279 g/mol. The number of hydrogen-bond donors (Lipinski definition) is 1. The van der Waals surface area contributed by atoms with Crippen LogP contribution in [-0.4, -0.2) is 10.9 Å². The lowest BCUT2D eigenvalue weighted by Gasteiger charge is -2.08. The number of fused-ring (bicyclic) bond motifs is 1. The zero-order valence-electron chi connectivity index (χ0n) is 8.83. The van der Waals surface area contributed by atoms with E-state index in [1.54, 1.807) is 12.4 Å². The molecule has 0 radical (unpaired) electrons. The molecule has 0 saturated heterocycles. The minimum atomic E-state index is 0.00692. The van der Waals surface area contributed by atoms with Gasteiger partial charge in [0, 0.05) is 34.1 Å². The summed E-state index contributed by atoms with van der Waals surface area (Å²) in [5, 5.41) is 4.85. The van der Waals surface area contributed by atoms with E-state index in [-0.39, 0.29) is 5.91 Å². The van der Waals surface area contributed by atoms with Crippen molar-refractivity contribution in [3.8, 4) is 0 Å². The second kappa shape index (κ2) is 4.61. The van der Waals surface area contributed by atoms with Crippen LogP contribution in [-0.2, 0) is 4.79 Å². The SMILES string of the molecule is CCC(=O)Nc1cccc2c(Br)cncc12. The van der Waals surface area contributed by atoms with Crippen LogP contribution in [0, 0.1) is 0 Å². The molecule has 1 aromatic carbocycles. The highest BCUT2D eigenvalue weighted by molar-refractivity contribution is 9.10. The number of rotatable bonds is 2. The van der Waals surface area contributed by atoms with Gasteiger partial charge in [-0.3, -0.25) is 9.78 Å². The quantitative estimate of drug-likeness (QED) is 0.916. The molecule has 0 bridgehead atoms. The Bertz CT molecular complexity index is 540. The molecule has 0 atom stereocenters. The highest BCUT2D eigenvalue weighted by atomic mass is 79.9. The molecule has 0 fully saturated rings. The molecule has 0 aliphatic heterocycles. The topological polar surface area (TPSA) is 42.0 Å². The van der Waals surface area contributed by atoms with Crippen molar-refractivity contribution in [2.75, 3.05) is 5.32 Å². The molecule has 0 aliphatic rings. The van der Waals surface area contributed by atoms with Gasteiger partial charge in [-0.2, -0.15) is 0 Å². The number of nitrogens with one attached hydrogen (secondary N) is 1. The summed E-state index contributed by atoms with van der Waals surface area (Å²) in [6.45, 7) is 1.83. The van der Waals surface area contributed by atoms with Crippen LogP contribution in [0.3, 0.4) is 0 Å². The Hall–Kier alpha value is -1.42. The third-order valence-electron chi connectivity index (χ3n) is 2.35. The number of anilines is 1. The minimum Gasteiger partial charge on any atom is -0.325 e. The molecule has 4 heteroatoms. The fourth-order valence-electron chi connectivity index (χ4n) is 1.51. The lowest BCUT2D eigenvalue weighted by molar-refractivity contribution is -0.115. The maximum atomic E-state index is 11.4. The van der Waals surface area contributed by atoms with Gasteiger partial charge in [0.25, 0.3) is 0 Å². The van der Waals surface area contributed by atoms with E-state index in [0.717, 1.165) is 20.9 Å². The second-order valence-corrected chi connectivity index (χ2v) is 4.28. The predicted octanol–water partition coefficient (Wildman–Crippen LogP) is 3.35. The fourth-order valence-corrected chi connectivity index (χ4v) is 1.97. The standard InChI is InChI=1S/C12H11BrN2O/c1-2-12(16)15-11-5-3-4-8-9(11)6-14-7-10(8)13/h3-7H,2H2,1H3,(H,15,16). The van der Waals surface area contributed by atoms with Crippen molar-refractivity contribution in [2.24, 2.45) is 0 Å². The van der Waals surface area contributed by atoms with Crippen molar-refractivity contribution in [2.45, 2.75) is 13.3 Å². The van der Waals surface area contributed by atoms with Crippen LogP contribution in [0.4, 0.5) is 5.69 Å². The summed E-state index contributed by atoms with van der Waals surface area (Å²) in [6.07, 6.45) is 3.97. The van der Waals surface area contributed by atoms with Gasteiger partial charge in [-0.15, -0.1) is 0 Å². The van der Waals surface area contributed by atoms with E-state index in [9.17, 15) is 4.79 Å². The first-order chi connectivity index (χ1) is 7.72. The second-order valence-electron chi connectivity index (χ2n) is 3.42. The van der Waals surface area contributed by atoms with E-state index >= 15 is 0 Å². The Kier molecular flexibility index (Phi) is 3.19. The number of pyridine rings is 1. The highest BCUT2D eigenvalue weighted by Gasteiger charge is 2.05. The summed E-state index contributed by atoms with van der Waals surface area (Å²) >= 11 is 3.44. The zero-order chi connectivity index (χ0) is 11.5. The Morgan fingerprint density at radius 2 is 2.19 bits per heavy atom. The summed E-state index contributed by atoms with van der Waals surface area (Å²) in [5.74, 6) is 0.00692. The van der Waals surface area contributed by atoms with Crippen molar-refractivity contribution in [1.82, 2.24) is 4.98 Å². The Labute approximate surface area is 102 Å². The van der Waals surface area contributed by atoms with Crippen LogP contribution >= 0.6 is 15.9 Å². The van der Waals surface area contributed by atoms with Gasteiger partial charge in [0.2, 0.25) is 5.91 Å². The third-order valence-corrected chi connectivity index (χ3v) is 2.98. The van der Waals surface area contributed by atoms with Gasteiger partial charge in [0.15, 0.2) is 0 Å². The van der Waals surface area contributed by atoms with E-state index in [1.165, 1.54) is 0 Å². The number of amides is 1. The Morgan fingerprint density at radius 1 is 1.38 bits per heavy atom. The monoisotopic (exact) mass is 278 g/mol. The van der Waals surface area contributed by atoms with E-state index in [0.29, 0.717) is 6.42 Å². The van der Waals surface area contributed by atoms with Crippen molar-refractivity contribution >= 4 is 38.3 Å². The molecule has 82 valence electrons. The molecular weight excluding hydrogens is 268 g/mol. The van der Waals surface area contributed by atoms with Crippen LogP contribution in [0.2, 0.25) is 0 Å². The normalized spacial score (nSPS) is 10.4.